The van der Waals surface area contributed by atoms with Crippen LogP contribution in [0, 0.1) is 13.8 Å². The molecule has 6 nitrogen and oxygen atoms in total. The van der Waals surface area contributed by atoms with Crippen molar-refractivity contribution in [3.05, 3.63) is 57.6 Å². The van der Waals surface area contributed by atoms with Gasteiger partial charge in [0.1, 0.15) is 0 Å². The first kappa shape index (κ1) is 22.5. The molecule has 0 spiro atoms. The summed E-state index contributed by atoms with van der Waals surface area (Å²) in [5.74, 6) is 0. The van der Waals surface area contributed by atoms with E-state index in [-0.39, 0.29) is 29.4 Å². The summed E-state index contributed by atoms with van der Waals surface area (Å²) >= 11 is 12.0. The van der Waals surface area contributed by atoms with Gasteiger partial charge in [0.25, 0.3) is 0 Å². The lowest BCUT2D eigenvalue weighted by Gasteiger charge is -2.38. The molecule has 0 aromatic heterocycles. The van der Waals surface area contributed by atoms with E-state index in [9.17, 15) is 16.8 Å². The summed E-state index contributed by atoms with van der Waals surface area (Å²) in [6.07, 6.45) is 0. The quantitative estimate of drug-likeness (QED) is 0.673. The molecule has 10 heteroatoms. The van der Waals surface area contributed by atoms with Crippen molar-refractivity contribution in [1.29, 1.82) is 0 Å². The van der Waals surface area contributed by atoms with Crippen LogP contribution in [0.4, 0.5) is 0 Å². The molecule has 0 unspecified atom stereocenters. The predicted octanol–water partition coefficient (Wildman–Crippen LogP) is 3.69. The number of halogens is 2. The summed E-state index contributed by atoms with van der Waals surface area (Å²) in [4.78, 5) is 0.298. The van der Waals surface area contributed by atoms with Gasteiger partial charge < -0.3 is 0 Å². The van der Waals surface area contributed by atoms with Gasteiger partial charge in [-0.05, 0) is 68.3 Å². The van der Waals surface area contributed by atoms with Gasteiger partial charge >= 0.3 is 0 Å². The zero-order valence-electron chi connectivity index (χ0n) is 16.3. The van der Waals surface area contributed by atoms with Gasteiger partial charge in [-0.1, -0.05) is 23.2 Å². The van der Waals surface area contributed by atoms with Crippen molar-refractivity contribution in [3.63, 3.8) is 0 Å². The second-order valence-corrected chi connectivity index (χ2v) is 11.8. The third-order valence-electron chi connectivity index (χ3n) is 5.03. The average molecular weight is 477 g/mol. The van der Waals surface area contributed by atoms with E-state index in [0.29, 0.717) is 21.2 Å². The molecule has 2 aromatic carbocycles. The van der Waals surface area contributed by atoms with E-state index in [1.165, 1.54) is 32.9 Å². The molecule has 29 heavy (non-hydrogen) atoms. The number of rotatable bonds is 4. The summed E-state index contributed by atoms with van der Waals surface area (Å²) in [5.41, 5.74) is 1.33. The molecule has 1 aliphatic heterocycles. The number of hydrogen-bond donors (Lipinski definition) is 0. The van der Waals surface area contributed by atoms with Crippen LogP contribution in [0.15, 0.2) is 46.2 Å². The van der Waals surface area contributed by atoms with E-state index in [2.05, 4.69) is 0 Å². The Morgan fingerprint density at radius 1 is 0.828 bits per heavy atom. The Bertz CT molecular complexity index is 1150. The number of nitrogens with zero attached hydrogens (tertiary/aromatic N) is 2. The zero-order valence-corrected chi connectivity index (χ0v) is 19.4. The van der Waals surface area contributed by atoms with Crippen molar-refractivity contribution < 1.29 is 16.8 Å². The Kier molecular flexibility index (Phi) is 6.34. The van der Waals surface area contributed by atoms with Gasteiger partial charge in [0.05, 0.1) is 9.79 Å². The minimum Gasteiger partial charge on any atom is -0.207 e. The second kappa shape index (κ2) is 8.17. The van der Waals surface area contributed by atoms with E-state index in [1.807, 2.05) is 0 Å². The number of piperazine rings is 1. The van der Waals surface area contributed by atoms with Crippen LogP contribution in [0.1, 0.15) is 18.1 Å². The van der Waals surface area contributed by atoms with E-state index in [4.69, 9.17) is 23.2 Å². The maximum atomic E-state index is 13.1. The highest BCUT2D eigenvalue weighted by molar-refractivity contribution is 7.89. The van der Waals surface area contributed by atoms with Gasteiger partial charge in [0.2, 0.25) is 20.0 Å². The Labute approximate surface area is 182 Å². The van der Waals surface area contributed by atoms with Gasteiger partial charge in [-0.25, -0.2) is 16.8 Å². The normalized spacial score (nSPS) is 19.4. The van der Waals surface area contributed by atoms with Crippen LogP contribution in [-0.2, 0) is 20.0 Å². The summed E-state index contributed by atoms with van der Waals surface area (Å²) < 4.78 is 54.8. The molecule has 1 heterocycles. The molecule has 158 valence electrons. The van der Waals surface area contributed by atoms with Crippen molar-refractivity contribution in [2.45, 2.75) is 36.6 Å². The first-order chi connectivity index (χ1) is 13.4. The molecular formula is C19H22Cl2N2O4S2. The monoisotopic (exact) mass is 476 g/mol. The van der Waals surface area contributed by atoms with Crippen molar-refractivity contribution in [2.24, 2.45) is 0 Å². The van der Waals surface area contributed by atoms with E-state index >= 15 is 0 Å². The highest BCUT2D eigenvalue weighted by Crippen LogP contribution is 2.28. The minimum atomic E-state index is -3.76. The Morgan fingerprint density at radius 2 is 1.31 bits per heavy atom. The number of aryl methyl sites for hydroxylation is 2. The number of sulfonamides is 2. The molecule has 1 fully saturated rings. The smallest absolute Gasteiger partial charge is 0.207 e. The van der Waals surface area contributed by atoms with Crippen molar-refractivity contribution in [2.75, 3.05) is 19.6 Å². The molecule has 0 radical (unpaired) electrons. The van der Waals surface area contributed by atoms with E-state index in [0.717, 1.165) is 0 Å². The Hall–Kier alpha value is -1.16. The van der Waals surface area contributed by atoms with Crippen LogP contribution in [0.2, 0.25) is 10.0 Å². The largest absolute Gasteiger partial charge is 0.243 e. The molecular weight excluding hydrogens is 455 g/mol. The lowest BCUT2D eigenvalue weighted by atomic mass is 10.2. The third kappa shape index (κ3) is 4.33. The second-order valence-electron chi connectivity index (χ2n) is 7.15. The molecule has 0 N–H and O–H groups in total. The third-order valence-corrected chi connectivity index (χ3v) is 9.75. The maximum absolute atomic E-state index is 13.1. The first-order valence-electron chi connectivity index (χ1n) is 8.99. The standard InChI is InChI=1S/C19H22Cl2N2O4S2/c1-13-10-16(4-6-18(13)20)28(24,25)22-8-9-23(15(3)12-22)29(26,27)17-5-7-19(21)14(2)11-17/h4-7,10-11,15H,8-9,12H2,1-3H3/t15-/m1/s1. The average Bonchev–Trinajstić information content (AvgIpc) is 2.65. The fraction of sp³-hybridized carbons (Fsp3) is 0.368. The molecule has 0 bridgehead atoms. The van der Waals surface area contributed by atoms with Crippen molar-refractivity contribution in [3.8, 4) is 0 Å². The topological polar surface area (TPSA) is 74.8 Å². The number of hydrogen-bond acceptors (Lipinski definition) is 4. The van der Waals surface area contributed by atoms with Gasteiger partial charge in [-0.15, -0.1) is 0 Å². The molecule has 0 amide bonds. The fourth-order valence-corrected chi connectivity index (χ4v) is 6.85. The zero-order chi connectivity index (χ0) is 21.6. The molecule has 1 saturated heterocycles. The fourth-order valence-electron chi connectivity index (χ4n) is 3.32. The first-order valence-corrected chi connectivity index (χ1v) is 12.6. The maximum Gasteiger partial charge on any atom is 0.243 e. The van der Waals surface area contributed by atoms with Gasteiger partial charge in [0, 0.05) is 35.7 Å². The van der Waals surface area contributed by atoms with Crippen molar-refractivity contribution in [1.82, 2.24) is 8.61 Å². The van der Waals surface area contributed by atoms with Gasteiger partial charge in [0.15, 0.2) is 0 Å². The van der Waals surface area contributed by atoms with Gasteiger partial charge in [-0.3, -0.25) is 0 Å². The SMILES string of the molecule is Cc1cc(S(=O)(=O)N2CCN(S(=O)(=O)c3ccc(Cl)c(C)c3)[C@H](C)C2)ccc1Cl. The summed E-state index contributed by atoms with van der Waals surface area (Å²) in [7, 11) is -7.50. The van der Waals surface area contributed by atoms with Crippen LogP contribution in [0.3, 0.4) is 0 Å². The Balaban J connectivity index is 1.84. The Morgan fingerprint density at radius 3 is 1.76 bits per heavy atom. The van der Waals surface area contributed by atoms with Crippen LogP contribution in [0.5, 0.6) is 0 Å². The summed E-state index contributed by atoms with van der Waals surface area (Å²) in [6.45, 7) is 5.38. The molecule has 0 saturated carbocycles. The minimum absolute atomic E-state index is 0.0653. The van der Waals surface area contributed by atoms with Crippen LogP contribution in [-0.4, -0.2) is 51.1 Å². The number of benzene rings is 2. The lowest BCUT2D eigenvalue weighted by Crippen LogP contribution is -2.55. The predicted molar refractivity (Wildman–Crippen MR) is 114 cm³/mol. The molecule has 1 aliphatic rings. The van der Waals surface area contributed by atoms with Crippen molar-refractivity contribution >= 4 is 43.2 Å². The summed E-state index contributed by atoms with van der Waals surface area (Å²) in [6, 6.07) is 8.58. The highest BCUT2D eigenvalue weighted by Gasteiger charge is 2.38. The summed E-state index contributed by atoms with van der Waals surface area (Å²) in [5, 5.41) is 0.984. The highest BCUT2D eigenvalue weighted by atomic mass is 35.5. The molecule has 0 aliphatic carbocycles. The molecule has 2 aromatic rings. The molecule has 3 rings (SSSR count). The van der Waals surface area contributed by atoms with E-state index in [1.54, 1.807) is 32.9 Å². The van der Waals surface area contributed by atoms with Crippen LogP contribution < -0.4 is 0 Å². The van der Waals surface area contributed by atoms with Gasteiger partial charge in [-0.2, -0.15) is 8.61 Å². The van der Waals surface area contributed by atoms with Crippen LogP contribution in [0.25, 0.3) is 0 Å². The lowest BCUT2D eigenvalue weighted by molar-refractivity contribution is 0.212. The molecule has 1 atom stereocenters. The van der Waals surface area contributed by atoms with Crippen LogP contribution >= 0.6 is 23.2 Å². The van der Waals surface area contributed by atoms with E-state index < -0.39 is 26.1 Å².